The molecule has 3 aromatic heterocycles. The van der Waals surface area contributed by atoms with Crippen molar-refractivity contribution in [3.63, 3.8) is 0 Å². The number of carbonyl (C=O) groups is 2. The van der Waals surface area contributed by atoms with E-state index in [4.69, 9.17) is 14.7 Å². The second-order valence-electron chi connectivity index (χ2n) is 12.8. The maximum Gasteiger partial charge on any atom is 0.490 e. The van der Waals surface area contributed by atoms with E-state index in [0.717, 1.165) is 38.2 Å². The molecule has 1 amide bonds. The lowest BCUT2D eigenvalue weighted by Crippen LogP contribution is -2.45. The minimum atomic E-state index is -5.27. The fourth-order valence-corrected chi connectivity index (χ4v) is 6.78. The Labute approximate surface area is 275 Å². The number of alkyl halides is 3. The fourth-order valence-electron chi connectivity index (χ4n) is 6.78. The van der Waals surface area contributed by atoms with Gasteiger partial charge < -0.3 is 39.7 Å². The zero-order valence-corrected chi connectivity index (χ0v) is 27.1. The maximum atomic E-state index is 13.3. The summed E-state index contributed by atoms with van der Waals surface area (Å²) in [5.74, 6) is -0.994. The Kier molecular flexibility index (Phi) is 9.60. The molecular weight excluding hydrogens is 633 g/mol. The summed E-state index contributed by atoms with van der Waals surface area (Å²) in [6.07, 6.45) is -2.74. The van der Waals surface area contributed by atoms with Crippen LogP contribution >= 0.6 is 0 Å². The van der Waals surface area contributed by atoms with Crippen LogP contribution < -0.4 is 20.4 Å². The number of halogens is 3. The van der Waals surface area contributed by atoms with Crippen LogP contribution in [0.3, 0.4) is 0 Å². The fraction of sp³-hybridized carbons (Fsp3) is 0.613. The van der Waals surface area contributed by atoms with Gasteiger partial charge in [-0.3, -0.25) is 4.79 Å². The first-order valence-corrected chi connectivity index (χ1v) is 16.3. The van der Waals surface area contributed by atoms with Crippen LogP contribution in [0, 0.1) is 0 Å². The van der Waals surface area contributed by atoms with Crippen LogP contribution in [0.25, 0.3) is 11.2 Å². The number of amides is 1. The smallest absolute Gasteiger partial charge is 0.451 e. The number of aliphatic hydroxyl groups excluding tert-OH is 1. The molecule has 17 heteroatoms. The number of imidazole rings is 1. The average molecular weight is 675 g/mol. The number of carbonyl (C=O) groups excluding carboxylic acids is 2. The van der Waals surface area contributed by atoms with Gasteiger partial charge in [-0.15, -0.1) is 0 Å². The Morgan fingerprint density at radius 3 is 2.48 bits per heavy atom. The maximum absolute atomic E-state index is 13.3. The van der Waals surface area contributed by atoms with E-state index in [2.05, 4.69) is 35.3 Å². The lowest BCUT2D eigenvalue weighted by molar-refractivity contribution is -0.209. The van der Waals surface area contributed by atoms with Gasteiger partial charge >= 0.3 is 12.1 Å². The highest BCUT2D eigenvalue weighted by Crippen LogP contribution is 2.38. The van der Waals surface area contributed by atoms with Crippen LogP contribution in [0.2, 0.25) is 0 Å². The molecule has 0 aromatic carbocycles. The number of esters is 1. The van der Waals surface area contributed by atoms with Gasteiger partial charge in [0.1, 0.15) is 11.9 Å². The second kappa shape index (κ2) is 13.7. The van der Waals surface area contributed by atoms with Gasteiger partial charge in [0.05, 0.1) is 18.4 Å². The quantitative estimate of drug-likeness (QED) is 0.285. The number of rotatable bonds is 9. The Morgan fingerprint density at radius 2 is 1.83 bits per heavy atom. The molecule has 260 valence electrons. The standard InChI is InChI=1S/C31H41F3N10O4/c1-4-23(45)38-20-15-21(26(25(20)46)48-29(47)31(32,33)34)44-17-36-24-27(37-18-8-12-42(13-9-18)22-7-5-6-11-35-22)39-30(40-28(24)44)43-14-10-19(16-43)41(2)3/h5-7,11,17-21,25-26,46H,4,8-10,12-16H2,1-3H3,(H,38,45)(H,37,39,40)/t19-,20+,21-,25-,26+/m1/s1. The third kappa shape index (κ3) is 6.97. The molecule has 2 saturated heterocycles. The van der Waals surface area contributed by atoms with Gasteiger partial charge in [-0.05, 0) is 51.9 Å². The first-order valence-electron chi connectivity index (χ1n) is 16.3. The summed E-state index contributed by atoms with van der Waals surface area (Å²) in [5, 5.41) is 17.3. The average Bonchev–Trinajstić information content (AvgIpc) is 3.80. The van der Waals surface area contributed by atoms with Gasteiger partial charge in [0.15, 0.2) is 23.1 Å². The van der Waals surface area contributed by atoms with E-state index >= 15 is 0 Å². The predicted molar refractivity (Wildman–Crippen MR) is 171 cm³/mol. The highest BCUT2D eigenvalue weighted by Gasteiger charge is 2.51. The Balaban J connectivity index is 1.34. The van der Waals surface area contributed by atoms with Crippen LogP contribution in [0.5, 0.6) is 0 Å². The van der Waals surface area contributed by atoms with E-state index in [-0.39, 0.29) is 24.9 Å². The van der Waals surface area contributed by atoms with Crippen molar-refractivity contribution in [1.82, 2.24) is 34.7 Å². The van der Waals surface area contributed by atoms with Gasteiger partial charge in [-0.2, -0.15) is 23.1 Å². The van der Waals surface area contributed by atoms with Gasteiger partial charge in [0, 0.05) is 50.9 Å². The van der Waals surface area contributed by atoms with E-state index in [1.165, 1.54) is 10.9 Å². The third-order valence-electron chi connectivity index (χ3n) is 9.52. The molecule has 0 radical (unpaired) electrons. The molecule has 1 aliphatic carbocycles. The first-order chi connectivity index (χ1) is 22.9. The number of nitrogens with zero attached hydrogens (tertiary/aromatic N) is 8. The van der Waals surface area contributed by atoms with E-state index in [0.29, 0.717) is 36.0 Å². The highest BCUT2D eigenvalue weighted by atomic mass is 19.4. The molecule has 0 bridgehead atoms. The molecule has 3 N–H and O–H groups in total. The molecule has 3 aromatic rings. The summed E-state index contributed by atoms with van der Waals surface area (Å²) < 4.78 is 46.4. The largest absolute Gasteiger partial charge is 0.490 e. The molecule has 48 heavy (non-hydrogen) atoms. The molecule has 5 atom stereocenters. The van der Waals surface area contributed by atoms with Crippen LogP contribution in [0.4, 0.5) is 30.8 Å². The molecule has 14 nitrogen and oxygen atoms in total. The Hall–Kier alpha value is -4.25. The molecule has 0 spiro atoms. The zero-order valence-electron chi connectivity index (χ0n) is 27.1. The molecule has 5 heterocycles. The van der Waals surface area contributed by atoms with Gasteiger partial charge in [-0.1, -0.05) is 13.0 Å². The third-order valence-corrected chi connectivity index (χ3v) is 9.52. The van der Waals surface area contributed by atoms with Crippen molar-refractivity contribution in [3.8, 4) is 0 Å². The van der Waals surface area contributed by atoms with Crippen molar-refractivity contribution in [1.29, 1.82) is 0 Å². The topological polar surface area (TPSA) is 154 Å². The van der Waals surface area contributed by atoms with Crippen molar-refractivity contribution >= 4 is 40.6 Å². The van der Waals surface area contributed by atoms with Crippen molar-refractivity contribution < 1.29 is 32.6 Å². The van der Waals surface area contributed by atoms with Crippen LogP contribution in [-0.4, -0.2) is 123 Å². The van der Waals surface area contributed by atoms with E-state index in [1.54, 1.807) is 13.1 Å². The zero-order chi connectivity index (χ0) is 34.2. The highest BCUT2D eigenvalue weighted by molar-refractivity contribution is 5.85. The number of anilines is 3. The van der Waals surface area contributed by atoms with Crippen LogP contribution in [0.15, 0.2) is 30.7 Å². The lowest BCUT2D eigenvalue weighted by Gasteiger charge is -2.33. The van der Waals surface area contributed by atoms with Gasteiger partial charge in [-0.25, -0.2) is 14.8 Å². The van der Waals surface area contributed by atoms with Crippen molar-refractivity contribution in [3.05, 3.63) is 30.7 Å². The summed E-state index contributed by atoms with van der Waals surface area (Å²) >= 11 is 0. The molecule has 3 aliphatic rings. The normalized spacial score (nSPS) is 25.2. The molecule has 1 saturated carbocycles. The number of likely N-dealkylation sites (N-methyl/N-ethyl adjacent to an activating group) is 1. The molecular formula is C31H41F3N10O4. The number of pyridine rings is 1. The van der Waals surface area contributed by atoms with E-state index in [9.17, 15) is 27.9 Å². The summed E-state index contributed by atoms with van der Waals surface area (Å²) in [7, 11) is 4.03. The number of hydrogen-bond donors (Lipinski definition) is 3. The summed E-state index contributed by atoms with van der Waals surface area (Å²) in [6, 6.07) is 4.18. The minimum Gasteiger partial charge on any atom is -0.451 e. The number of ether oxygens (including phenoxy) is 1. The molecule has 6 rings (SSSR count). The van der Waals surface area contributed by atoms with Gasteiger partial charge in [0.25, 0.3) is 0 Å². The van der Waals surface area contributed by atoms with Gasteiger partial charge in [0.2, 0.25) is 11.9 Å². The number of fused-ring (bicyclic) bond motifs is 1. The number of piperidine rings is 1. The van der Waals surface area contributed by atoms with E-state index < -0.39 is 42.3 Å². The number of hydrogen-bond acceptors (Lipinski definition) is 12. The monoisotopic (exact) mass is 674 g/mol. The summed E-state index contributed by atoms with van der Waals surface area (Å²) in [4.78, 5) is 49.5. The van der Waals surface area contributed by atoms with E-state index in [1.807, 2.05) is 32.3 Å². The number of aliphatic hydroxyl groups is 1. The SMILES string of the molecule is CCC(=O)N[C@H]1C[C@@H](n2cnc3c(NC4CCN(c5ccccn5)CC4)nc(N4CC[C@@H](N(C)C)C4)nc32)[C@H](OC(=O)C(F)(F)F)[C@@H]1O. The summed E-state index contributed by atoms with van der Waals surface area (Å²) in [5.41, 5.74) is 0.708. The molecule has 2 aliphatic heterocycles. The van der Waals surface area contributed by atoms with Crippen LogP contribution in [-0.2, 0) is 14.3 Å². The second-order valence-corrected chi connectivity index (χ2v) is 12.8. The molecule has 3 fully saturated rings. The number of aromatic nitrogens is 5. The number of nitrogens with one attached hydrogen (secondary N) is 2. The minimum absolute atomic E-state index is 0.0192. The Morgan fingerprint density at radius 1 is 1.08 bits per heavy atom. The Bertz CT molecular complexity index is 1600. The first kappa shape index (κ1) is 33.6. The lowest BCUT2D eigenvalue weighted by atomic mass is 10.0. The molecule has 0 unspecified atom stereocenters. The summed E-state index contributed by atoms with van der Waals surface area (Å²) in [6.45, 7) is 4.54. The van der Waals surface area contributed by atoms with Crippen molar-refractivity contribution in [2.75, 3.05) is 55.4 Å². The van der Waals surface area contributed by atoms with Crippen molar-refractivity contribution in [2.24, 2.45) is 0 Å². The van der Waals surface area contributed by atoms with Crippen molar-refractivity contribution in [2.45, 2.75) is 81.6 Å². The van der Waals surface area contributed by atoms with Crippen LogP contribution in [0.1, 0.15) is 45.1 Å². The predicted octanol–water partition coefficient (Wildman–Crippen LogP) is 2.12.